The zero-order valence-corrected chi connectivity index (χ0v) is 14.5. The second-order valence-corrected chi connectivity index (χ2v) is 6.23. The maximum atomic E-state index is 12.3. The fourth-order valence-corrected chi connectivity index (χ4v) is 3.54. The first-order chi connectivity index (χ1) is 9.15. The Bertz CT molecular complexity index is 639. The molecule has 1 amide bonds. The summed E-state index contributed by atoms with van der Waals surface area (Å²) in [6.07, 6.45) is 0. The Morgan fingerprint density at radius 3 is 2.60 bits per heavy atom. The number of furan rings is 1. The predicted octanol–water partition coefficient (Wildman–Crippen LogP) is 3.43. The molecule has 0 spiro atoms. The van der Waals surface area contributed by atoms with Crippen molar-refractivity contribution in [2.75, 3.05) is 26.2 Å². The standard InChI is InChI=1S/C13H12Br2N2O2.ClH/c14-9-5-8-6-11(19-12(8)10(15)7-9)13(18)17-3-1-16-2-4-17;/h5-7,16H,1-4H2;1H. The number of rotatable bonds is 1. The summed E-state index contributed by atoms with van der Waals surface area (Å²) in [5.41, 5.74) is 0.710. The Labute approximate surface area is 139 Å². The zero-order chi connectivity index (χ0) is 13.4. The van der Waals surface area contributed by atoms with Gasteiger partial charge in [0.2, 0.25) is 0 Å². The van der Waals surface area contributed by atoms with Gasteiger partial charge in [-0.15, -0.1) is 12.4 Å². The van der Waals surface area contributed by atoms with Gasteiger partial charge in [-0.1, -0.05) is 15.9 Å². The van der Waals surface area contributed by atoms with Gasteiger partial charge in [0, 0.05) is 36.0 Å². The van der Waals surface area contributed by atoms with Crippen LogP contribution in [-0.4, -0.2) is 37.0 Å². The summed E-state index contributed by atoms with van der Waals surface area (Å²) in [4.78, 5) is 14.2. The molecular formula is C13H13Br2ClN2O2. The van der Waals surface area contributed by atoms with E-state index in [0.717, 1.165) is 40.5 Å². The third-order valence-electron chi connectivity index (χ3n) is 3.15. The molecule has 7 heteroatoms. The quantitative estimate of drug-likeness (QED) is 0.763. The molecule has 2 aromatic rings. The van der Waals surface area contributed by atoms with Gasteiger partial charge in [-0.2, -0.15) is 0 Å². The number of carbonyl (C=O) groups is 1. The summed E-state index contributed by atoms with van der Waals surface area (Å²) in [6, 6.07) is 5.65. The molecule has 1 aromatic carbocycles. The molecule has 1 aromatic heterocycles. The number of nitrogens with one attached hydrogen (secondary N) is 1. The van der Waals surface area contributed by atoms with E-state index in [2.05, 4.69) is 37.2 Å². The summed E-state index contributed by atoms with van der Waals surface area (Å²) in [5, 5.41) is 4.14. The molecule has 0 aliphatic carbocycles. The van der Waals surface area contributed by atoms with Crippen LogP contribution in [0, 0.1) is 0 Å². The van der Waals surface area contributed by atoms with Crippen LogP contribution in [0.1, 0.15) is 10.6 Å². The molecule has 0 bridgehead atoms. The molecule has 0 radical (unpaired) electrons. The summed E-state index contributed by atoms with van der Waals surface area (Å²) in [6.45, 7) is 3.11. The lowest BCUT2D eigenvalue weighted by molar-refractivity contribution is 0.0706. The summed E-state index contributed by atoms with van der Waals surface area (Å²) in [7, 11) is 0. The predicted molar refractivity (Wildman–Crippen MR) is 87.6 cm³/mol. The molecule has 2 heterocycles. The number of piperazine rings is 1. The molecule has 1 fully saturated rings. The summed E-state index contributed by atoms with van der Waals surface area (Å²) < 4.78 is 7.49. The lowest BCUT2D eigenvalue weighted by Crippen LogP contribution is -2.46. The van der Waals surface area contributed by atoms with Crippen molar-refractivity contribution < 1.29 is 9.21 Å². The Hall–Kier alpha value is -0.560. The van der Waals surface area contributed by atoms with Crippen LogP contribution >= 0.6 is 44.3 Å². The van der Waals surface area contributed by atoms with Crippen molar-refractivity contribution in [3.05, 3.63) is 32.9 Å². The smallest absolute Gasteiger partial charge is 0.289 e. The molecule has 1 N–H and O–H groups in total. The molecule has 20 heavy (non-hydrogen) atoms. The zero-order valence-electron chi connectivity index (χ0n) is 10.5. The SMILES string of the molecule is Cl.O=C(c1cc2cc(Br)cc(Br)c2o1)N1CCNCC1. The topological polar surface area (TPSA) is 45.5 Å². The number of hydrogen-bond donors (Lipinski definition) is 1. The van der Waals surface area contributed by atoms with Crippen LogP contribution in [0.2, 0.25) is 0 Å². The highest BCUT2D eigenvalue weighted by Gasteiger charge is 2.22. The lowest BCUT2D eigenvalue weighted by Gasteiger charge is -2.26. The molecule has 1 aliphatic heterocycles. The lowest BCUT2D eigenvalue weighted by atomic mass is 10.2. The third kappa shape index (κ3) is 3.03. The van der Waals surface area contributed by atoms with E-state index in [4.69, 9.17) is 4.42 Å². The molecule has 1 saturated heterocycles. The number of hydrogen-bond acceptors (Lipinski definition) is 3. The number of amides is 1. The van der Waals surface area contributed by atoms with E-state index in [9.17, 15) is 4.79 Å². The first-order valence-corrected chi connectivity index (χ1v) is 7.62. The van der Waals surface area contributed by atoms with Crippen molar-refractivity contribution in [3.63, 3.8) is 0 Å². The van der Waals surface area contributed by atoms with E-state index in [1.54, 1.807) is 6.07 Å². The number of nitrogens with zero attached hydrogens (tertiary/aromatic N) is 1. The van der Waals surface area contributed by atoms with Crippen molar-refractivity contribution >= 4 is 61.1 Å². The maximum Gasteiger partial charge on any atom is 0.289 e. The summed E-state index contributed by atoms with van der Waals surface area (Å²) >= 11 is 6.88. The van der Waals surface area contributed by atoms with Crippen LogP contribution in [-0.2, 0) is 0 Å². The Morgan fingerprint density at radius 2 is 1.90 bits per heavy atom. The van der Waals surface area contributed by atoms with Crippen molar-refractivity contribution in [2.24, 2.45) is 0 Å². The minimum atomic E-state index is -0.0410. The highest BCUT2D eigenvalue weighted by molar-refractivity contribution is 9.11. The normalized spacial score (nSPS) is 15.2. The number of fused-ring (bicyclic) bond motifs is 1. The van der Waals surface area contributed by atoms with Crippen LogP contribution in [0.4, 0.5) is 0 Å². The van der Waals surface area contributed by atoms with Gasteiger partial charge in [0.15, 0.2) is 5.76 Å². The first kappa shape index (κ1) is 15.8. The van der Waals surface area contributed by atoms with Gasteiger partial charge < -0.3 is 14.6 Å². The number of halogens is 3. The fourth-order valence-electron chi connectivity index (χ4n) is 2.20. The first-order valence-electron chi connectivity index (χ1n) is 6.04. The van der Waals surface area contributed by atoms with E-state index < -0.39 is 0 Å². The Morgan fingerprint density at radius 1 is 1.20 bits per heavy atom. The van der Waals surface area contributed by atoms with Gasteiger partial charge in [-0.3, -0.25) is 4.79 Å². The minimum absolute atomic E-state index is 0. The second-order valence-electron chi connectivity index (χ2n) is 4.46. The van der Waals surface area contributed by atoms with E-state index in [-0.39, 0.29) is 18.3 Å². The van der Waals surface area contributed by atoms with Crippen molar-refractivity contribution in [1.29, 1.82) is 0 Å². The molecule has 0 saturated carbocycles. The fraction of sp³-hybridized carbons (Fsp3) is 0.308. The summed E-state index contributed by atoms with van der Waals surface area (Å²) in [5.74, 6) is 0.358. The van der Waals surface area contributed by atoms with Crippen molar-refractivity contribution in [2.45, 2.75) is 0 Å². The Kier molecular flexibility index (Phi) is 5.12. The van der Waals surface area contributed by atoms with Gasteiger partial charge in [0.1, 0.15) is 5.58 Å². The van der Waals surface area contributed by atoms with Crippen LogP contribution in [0.5, 0.6) is 0 Å². The molecule has 108 valence electrons. The van der Waals surface area contributed by atoms with Crippen molar-refractivity contribution in [3.8, 4) is 0 Å². The molecule has 3 rings (SSSR count). The number of carbonyl (C=O) groups excluding carboxylic acids is 1. The van der Waals surface area contributed by atoms with Crippen LogP contribution in [0.3, 0.4) is 0 Å². The molecular weight excluding hydrogens is 411 g/mol. The van der Waals surface area contributed by atoms with Crippen LogP contribution < -0.4 is 5.32 Å². The van der Waals surface area contributed by atoms with Gasteiger partial charge in [0.25, 0.3) is 5.91 Å². The molecule has 4 nitrogen and oxygen atoms in total. The average Bonchev–Trinajstić information content (AvgIpc) is 2.83. The second kappa shape index (κ2) is 6.47. The monoisotopic (exact) mass is 422 g/mol. The number of benzene rings is 1. The molecule has 0 atom stereocenters. The largest absolute Gasteiger partial charge is 0.450 e. The average molecular weight is 425 g/mol. The van der Waals surface area contributed by atoms with E-state index in [1.807, 2.05) is 17.0 Å². The van der Waals surface area contributed by atoms with Crippen LogP contribution in [0.25, 0.3) is 11.0 Å². The van der Waals surface area contributed by atoms with Crippen LogP contribution in [0.15, 0.2) is 31.6 Å². The van der Waals surface area contributed by atoms with Gasteiger partial charge >= 0.3 is 0 Å². The molecule has 1 aliphatic rings. The van der Waals surface area contributed by atoms with E-state index in [0.29, 0.717) is 11.3 Å². The third-order valence-corrected chi connectivity index (χ3v) is 4.20. The van der Waals surface area contributed by atoms with E-state index in [1.165, 1.54) is 0 Å². The van der Waals surface area contributed by atoms with E-state index >= 15 is 0 Å². The highest BCUT2D eigenvalue weighted by Crippen LogP contribution is 2.31. The minimum Gasteiger partial charge on any atom is -0.450 e. The van der Waals surface area contributed by atoms with Gasteiger partial charge in [-0.05, 0) is 34.1 Å². The maximum absolute atomic E-state index is 12.3. The Balaban J connectivity index is 0.00000147. The highest BCUT2D eigenvalue weighted by atomic mass is 79.9. The van der Waals surface area contributed by atoms with Gasteiger partial charge in [-0.25, -0.2) is 0 Å². The van der Waals surface area contributed by atoms with Gasteiger partial charge in [0.05, 0.1) is 4.47 Å². The van der Waals surface area contributed by atoms with Crippen molar-refractivity contribution in [1.82, 2.24) is 10.2 Å². The molecule has 0 unspecified atom stereocenters.